The molecule has 1 amide bonds. The number of hydrogen-bond acceptors (Lipinski definition) is 2. The third kappa shape index (κ3) is 2.98. The number of benzene rings is 1. The molecular weight excluding hydrogens is 208 g/mol. The Morgan fingerprint density at radius 1 is 1.06 bits per heavy atom. The van der Waals surface area contributed by atoms with Gasteiger partial charge >= 0.3 is 0 Å². The van der Waals surface area contributed by atoms with Gasteiger partial charge in [-0.1, -0.05) is 12.1 Å². The van der Waals surface area contributed by atoms with Crippen molar-refractivity contribution >= 4 is 23.5 Å². The molecule has 16 heavy (non-hydrogen) atoms. The number of hydrogen-bond donors (Lipinski definition) is 4. The first kappa shape index (κ1) is 11.5. The minimum Gasteiger partial charge on any atom is -0.370 e. The summed E-state index contributed by atoms with van der Waals surface area (Å²) in [6.45, 7) is 0. The Hall–Kier alpha value is -2.57. The van der Waals surface area contributed by atoms with Gasteiger partial charge in [0, 0.05) is 0 Å². The van der Waals surface area contributed by atoms with Crippen LogP contribution >= 0.6 is 0 Å². The predicted octanol–water partition coefficient (Wildman–Crippen LogP) is -0.995. The van der Waals surface area contributed by atoms with Crippen LogP contribution in [0.2, 0.25) is 0 Å². The second-order valence-corrected chi connectivity index (χ2v) is 2.89. The monoisotopic (exact) mass is 220 g/mol. The third-order valence-corrected chi connectivity index (χ3v) is 1.65. The minimum atomic E-state index is -0.600. The van der Waals surface area contributed by atoms with E-state index in [1.54, 1.807) is 18.2 Å². The van der Waals surface area contributed by atoms with Crippen LogP contribution in [-0.4, -0.2) is 17.8 Å². The van der Waals surface area contributed by atoms with E-state index < -0.39 is 5.91 Å². The molecule has 1 aromatic carbocycles. The van der Waals surface area contributed by atoms with E-state index in [1.807, 2.05) is 0 Å². The average molecular weight is 220 g/mol. The van der Waals surface area contributed by atoms with E-state index in [-0.39, 0.29) is 17.5 Å². The van der Waals surface area contributed by atoms with E-state index in [2.05, 4.69) is 9.98 Å². The average Bonchev–Trinajstić information content (AvgIpc) is 2.16. The molecule has 0 bridgehead atoms. The molecule has 1 rings (SSSR count). The third-order valence-electron chi connectivity index (χ3n) is 1.65. The standard InChI is InChI=1S/C9H12N6O/c10-7(16)5-3-1-2-4-6(5)14-9(13)15-8(11)12/h1-4H,(H2,10,16)(H6,11,12,13,14,15). The van der Waals surface area contributed by atoms with Crippen molar-refractivity contribution < 1.29 is 4.79 Å². The van der Waals surface area contributed by atoms with Gasteiger partial charge in [-0.05, 0) is 12.1 Å². The number of carbonyl (C=O) groups is 1. The Labute approximate surface area is 91.8 Å². The molecular formula is C9H12N6O. The zero-order valence-corrected chi connectivity index (χ0v) is 8.42. The molecule has 7 nitrogen and oxygen atoms in total. The molecule has 0 spiro atoms. The van der Waals surface area contributed by atoms with Gasteiger partial charge in [0.1, 0.15) is 0 Å². The summed E-state index contributed by atoms with van der Waals surface area (Å²) in [4.78, 5) is 18.4. The van der Waals surface area contributed by atoms with Crippen LogP contribution in [0.15, 0.2) is 34.3 Å². The maximum Gasteiger partial charge on any atom is 0.250 e. The lowest BCUT2D eigenvalue weighted by Crippen LogP contribution is -2.26. The Balaban J connectivity index is 3.15. The minimum absolute atomic E-state index is 0.145. The van der Waals surface area contributed by atoms with Crippen LogP contribution in [-0.2, 0) is 0 Å². The predicted molar refractivity (Wildman–Crippen MR) is 62.1 cm³/mol. The van der Waals surface area contributed by atoms with Gasteiger partial charge in [-0.3, -0.25) is 4.79 Å². The second kappa shape index (κ2) is 4.78. The molecule has 0 aromatic heterocycles. The molecule has 0 heterocycles. The number of primary amides is 1. The lowest BCUT2D eigenvalue weighted by Gasteiger charge is -2.01. The van der Waals surface area contributed by atoms with Crippen LogP contribution < -0.4 is 22.9 Å². The largest absolute Gasteiger partial charge is 0.370 e. The fourth-order valence-electron chi connectivity index (χ4n) is 1.06. The summed E-state index contributed by atoms with van der Waals surface area (Å²) in [7, 11) is 0. The van der Waals surface area contributed by atoms with Crippen molar-refractivity contribution in [2.75, 3.05) is 0 Å². The van der Waals surface area contributed by atoms with E-state index in [4.69, 9.17) is 22.9 Å². The molecule has 1 aromatic rings. The van der Waals surface area contributed by atoms with Crippen LogP contribution in [0.25, 0.3) is 0 Å². The summed E-state index contributed by atoms with van der Waals surface area (Å²) in [5.41, 5.74) is 21.4. The highest BCUT2D eigenvalue weighted by Gasteiger charge is 2.06. The molecule has 0 saturated carbocycles. The summed E-state index contributed by atoms with van der Waals surface area (Å²) < 4.78 is 0. The number of carbonyl (C=O) groups excluding carboxylic acids is 1. The summed E-state index contributed by atoms with van der Waals surface area (Å²) in [5, 5.41) is 0. The van der Waals surface area contributed by atoms with Crippen LogP contribution in [0.1, 0.15) is 10.4 Å². The number of nitrogens with two attached hydrogens (primary N) is 4. The van der Waals surface area contributed by atoms with Crippen molar-refractivity contribution in [3.63, 3.8) is 0 Å². The zero-order valence-electron chi connectivity index (χ0n) is 8.42. The molecule has 0 saturated heterocycles. The van der Waals surface area contributed by atoms with Gasteiger partial charge in [-0.2, -0.15) is 4.99 Å². The Morgan fingerprint density at radius 2 is 1.69 bits per heavy atom. The molecule has 0 radical (unpaired) electrons. The van der Waals surface area contributed by atoms with Gasteiger partial charge in [-0.15, -0.1) is 0 Å². The first-order chi connectivity index (χ1) is 7.50. The number of para-hydroxylation sites is 1. The maximum atomic E-state index is 11.1. The van der Waals surface area contributed by atoms with Crippen LogP contribution in [0.4, 0.5) is 5.69 Å². The van der Waals surface area contributed by atoms with Gasteiger partial charge < -0.3 is 22.9 Å². The van der Waals surface area contributed by atoms with E-state index in [1.165, 1.54) is 6.07 Å². The smallest absolute Gasteiger partial charge is 0.250 e. The van der Waals surface area contributed by atoms with Crippen LogP contribution in [0.3, 0.4) is 0 Å². The van der Waals surface area contributed by atoms with E-state index in [0.717, 1.165) is 0 Å². The molecule has 0 aliphatic carbocycles. The second-order valence-electron chi connectivity index (χ2n) is 2.89. The molecule has 0 atom stereocenters. The van der Waals surface area contributed by atoms with E-state index in [0.29, 0.717) is 5.69 Å². The highest BCUT2D eigenvalue weighted by molar-refractivity contribution is 6.00. The topological polar surface area (TPSA) is 146 Å². The molecule has 0 aliphatic rings. The number of rotatable bonds is 2. The number of aliphatic imine (C=N–C) groups is 2. The van der Waals surface area contributed by atoms with Crippen molar-refractivity contribution in [3.05, 3.63) is 29.8 Å². The van der Waals surface area contributed by atoms with Crippen LogP contribution in [0.5, 0.6) is 0 Å². The highest BCUT2D eigenvalue weighted by atomic mass is 16.1. The SMILES string of the molecule is NC(=O)c1ccccc1N=C(N)N=C(N)N. The molecule has 84 valence electrons. The normalized spacial score (nSPS) is 10.9. The highest BCUT2D eigenvalue weighted by Crippen LogP contribution is 2.17. The van der Waals surface area contributed by atoms with E-state index in [9.17, 15) is 4.79 Å². The molecule has 0 aliphatic heterocycles. The van der Waals surface area contributed by atoms with Gasteiger partial charge in [0.15, 0.2) is 5.96 Å². The molecule has 8 N–H and O–H groups in total. The van der Waals surface area contributed by atoms with Gasteiger partial charge in [0.2, 0.25) is 5.96 Å². The number of amides is 1. The summed E-state index contributed by atoms with van der Waals surface area (Å²) >= 11 is 0. The quantitative estimate of drug-likeness (QED) is 0.374. The lowest BCUT2D eigenvalue weighted by atomic mass is 10.2. The van der Waals surface area contributed by atoms with Gasteiger partial charge in [-0.25, -0.2) is 4.99 Å². The fraction of sp³-hybridized carbons (Fsp3) is 0. The summed E-state index contributed by atoms with van der Waals surface area (Å²) in [6, 6.07) is 6.46. The molecule has 0 unspecified atom stereocenters. The molecule has 7 heteroatoms. The zero-order chi connectivity index (χ0) is 12.1. The van der Waals surface area contributed by atoms with Gasteiger partial charge in [0.05, 0.1) is 11.3 Å². The van der Waals surface area contributed by atoms with Crippen molar-refractivity contribution in [2.24, 2.45) is 32.9 Å². The summed E-state index contributed by atoms with van der Waals surface area (Å²) in [6.07, 6.45) is 0. The van der Waals surface area contributed by atoms with Crippen LogP contribution in [0, 0.1) is 0 Å². The summed E-state index contributed by atoms with van der Waals surface area (Å²) in [5.74, 6) is -0.955. The van der Waals surface area contributed by atoms with Crippen molar-refractivity contribution in [1.82, 2.24) is 0 Å². The van der Waals surface area contributed by atoms with E-state index >= 15 is 0 Å². The molecule has 0 fully saturated rings. The maximum absolute atomic E-state index is 11.1. The Bertz CT molecular complexity index is 461. The Kier molecular flexibility index (Phi) is 3.44. The van der Waals surface area contributed by atoms with Gasteiger partial charge in [0.25, 0.3) is 5.91 Å². The lowest BCUT2D eigenvalue weighted by molar-refractivity contribution is 0.100. The first-order valence-electron chi connectivity index (χ1n) is 4.33. The fourth-order valence-corrected chi connectivity index (χ4v) is 1.06. The first-order valence-corrected chi connectivity index (χ1v) is 4.33. The Morgan fingerprint density at radius 3 is 2.25 bits per heavy atom. The number of nitrogens with zero attached hydrogens (tertiary/aromatic N) is 2. The van der Waals surface area contributed by atoms with Crippen molar-refractivity contribution in [2.45, 2.75) is 0 Å². The van der Waals surface area contributed by atoms with Crippen molar-refractivity contribution in [3.8, 4) is 0 Å². The van der Waals surface area contributed by atoms with Crippen molar-refractivity contribution in [1.29, 1.82) is 0 Å². The number of guanidine groups is 2.